The first-order chi connectivity index (χ1) is 10.9. The van der Waals surface area contributed by atoms with Gasteiger partial charge in [-0.3, -0.25) is 14.4 Å². The number of carboxylic acids is 3. The average Bonchev–Trinajstić information content (AvgIpc) is 2.80. The quantitative estimate of drug-likeness (QED) is 0.502. The van der Waals surface area contributed by atoms with E-state index in [1.165, 1.54) is 0 Å². The summed E-state index contributed by atoms with van der Waals surface area (Å²) in [6.45, 7) is 0.551. The molecule has 1 saturated heterocycles. The molecule has 1 aliphatic heterocycles. The molecule has 3 unspecified atom stereocenters. The van der Waals surface area contributed by atoms with Crippen molar-refractivity contribution in [3.05, 3.63) is 0 Å². The average molecular weight is 330 g/mol. The molecule has 0 bridgehead atoms. The molecule has 23 heavy (non-hydrogen) atoms. The van der Waals surface area contributed by atoms with Crippen molar-refractivity contribution in [1.29, 1.82) is 0 Å². The third-order valence-electron chi connectivity index (χ3n) is 4.38. The standard InChI is InChI=1S/C16H26O7/c17-14(18)7-1-4-11-10-23-13(6-3-9-16(21)22)12(11)5-2-8-15(19)20/h11-13H,1-10H2,(H,17,18)(H,19,20)(H,21,22). The molecule has 1 rings (SSSR count). The second kappa shape index (κ2) is 10.2. The number of aliphatic carboxylic acids is 3. The van der Waals surface area contributed by atoms with Crippen molar-refractivity contribution >= 4 is 17.9 Å². The molecule has 3 N–H and O–H groups in total. The molecular weight excluding hydrogens is 304 g/mol. The zero-order chi connectivity index (χ0) is 17.2. The van der Waals surface area contributed by atoms with E-state index < -0.39 is 17.9 Å². The Morgan fingerprint density at radius 1 is 0.783 bits per heavy atom. The fraction of sp³-hybridized carbons (Fsp3) is 0.812. The summed E-state index contributed by atoms with van der Waals surface area (Å²) in [5, 5.41) is 26.2. The van der Waals surface area contributed by atoms with Crippen LogP contribution in [0.1, 0.15) is 57.8 Å². The van der Waals surface area contributed by atoms with Crippen molar-refractivity contribution < 1.29 is 34.4 Å². The van der Waals surface area contributed by atoms with Crippen LogP contribution in [0, 0.1) is 11.8 Å². The number of hydrogen-bond acceptors (Lipinski definition) is 4. The Kier molecular flexibility index (Phi) is 8.61. The number of ether oxygens (including phenoxy) is 1. The highest BCUT2D eigenvalue weighted by Crippen LogP contribution is 2.37. The van der Waals surface area contributed by atoms with E-state index in [0.29, 0.717) is 32.3 Å². The summed E-state index contributed by atoms with van der Waals surface area (Å²) < 4.78 is 5.79. The maximum atomic E-state index is 10.7. The van der Waals surface area contributed by atoms with Gasteiger partial charge in [-0.05, 0) is 50.4 Å². The Labute approximate surface area is 135 Å². The van der Waals surface area contributed by atoms with Crippen molar-refractivity contribution in [2.24, 2.45) is 11.8 Å². The highest BCUT2D eigenvalue weighted by molar-refractivity contribution is 5.67. The van der Waals surface area contributed by atoms with Crippen LogP contribution in [-0.2, 0) is 19.1 Å². The van der Waals surface area contributed by atoms with Crippen molar-refractivity contribution in [2.45, 2.75) is 63.9 Å². The molecule has 0 aliphatic carbocycles. The molecule has 3 atom stereocenters. The smallest absolute Gasteiger partial charge is 0.303 e. The van der Waals surface area contributed by atoms with E-state index in [9.17, 15) is 14.4 Å². The van der Waals surface area contributed by atoms with Gasteiger partial charge in [-0.2, -0.15) is 0 Å². The molecule has 1 aliphatic rings. The van der Waals surface area contributed by atoms with Crippen molar-refractivity contribution in [2.75, 3.05) is 6.61 Å². The van der Waals surface area contributed by atoms with Gasteiger partial charge >= 0.3 is 17.9 Å². The highest BCUT2D eigenvalue weighted by atomic mass is 16.5. The van der Waals surface area contributed by atoms with Gasteiger partial charge in [0.1, 0.15) is 0 Å². The topological polar surface area (TPSA) is 121 Å². The maximum Gasteiger partial charge on any atom is 0.303 e. The Balaban J connectivity index is 2.49. The molecule has 1 fully saturated rings. The number of hydrogen-bond donors (Lipinski definition) is 3. The number of carbonyl (C=O) groups is 3. The lowest BCUT2D eigenvalue weighted by Crippen LogP contribution is -2.21. The molecule has 0 saturated carbocycles. The van der Waals surface area contributed by atoms with Gasteiger partial charge in [-0.15, -0.1) is 0 Å². The second-order valence-corrected chi connectivity index (χ2v) is 6.15. The van der Waals surface area contributed by atoms with Gasteiger partial charge in [0.25, 0.3) is 0 Å². The summed E-state index contributed by atoms with van der Waals surface area (Å²) in [6, 6.07) is 0. The molecule has 0 amide bonds. The SMILES string of the molecule is O=C(O)CCCC1COC(CCCC(=O)O)C1CCCC(=O)O. The second-order valence-electron chi connectivity index (χ2n) is 6.15. The number of carboxylic acid groups (broad SMARTS) is 3. The minimum absolute atomic E-state index is 0.0435. The third kappa shape index (κ3) is 7.97. The molecule has 1 heterocycles. The fourth-order valence-electron chi connectivity index (χ4n) is 3.27. The molecular formula is C16H26O7. The predicted molar refractivity (Wildman–Crippen MR) is 81.2 cm³/mol. The van der Waals surface area contributed by atoms with E-state index >= 15 is 0 Å². The molecule has 0 radical (unpaired) electrons. The zero-order valence-electron chi connectivity index (χ0n) is 13.3. The molecule has 0 aromatic carbocycles. The van der Waals surface area contributed by atoms with Gasteiger partial charge in [0.2, 0.25) is 0 Å². The first-order valence-corrected chi connectivity index (χ1v) is 8.17. The van der Waals surface area contributed by atoms with Crippen LogP contribution < -0.4 is 0 Å². The summed E-state index contributed by atoms with van der Waals surface area (Å²) in [7, 11) is 0. The van der Waals surface area contributed by atoms with E-state index in [-0.39, 0.29) is 37.2 Å². The first-order valence-electron chi connectivity index (χ1n) is 8.17. The molecule has 7 nitrogen and oxygen atoms in total. The van der Waals surface area contributed by atoms with E-state index in [1.807, 2.05) is 0 Å². The summed E-state index contributed by atoms with van der Waals surface area (Å²) in [5.74, 6) is -2.04. The minimum atomic E-state index is -0.830. The van der Waals surface area contributed by atoms with E-state index in [4.69, 9.17) is 20.1 Å². The van der Waals surface area contributed by atoms with E-state index in [2.05, 4.69) is 0 Å². The fourth-order valence-corrected chi connectivity index (χ4v) is 3.27. The summed E-state index contributed by atoms with van der Waals surface area (Å²) >= 11 is 0. The monoisotopic (exact) mass is 330 g/mol. The van der Waals surface area contributed by atoms with Crippen molar-refractivity contribution in [1.82, 2.24) is 0 Å². The van der Waals surface area contributed by atoms with Crippen molar-refractivity contribution in [3.63, 3.8) is 0 Å². The van der Waals surface area contributed by atoms with Crippen LogP contribution in [0.2, 0.25) is 0 Å². The largest absolute Gasteiger partial charge is 0.481 e. The lowest BCUT2D eigenvalue weighted by Gasteiger charge is -2.22. The van der Waals surface area contributed by atoms with Gasteiger partial charge in [0, 0.05) is 19.3 Å². The van der Waals surface area contributed by atoms with Gasteiger partial charge in [0.15, 0.2) is 0 Å². The van der Waals surface area contributed by atoms with Crippen LogP contribution in [-0.4, -0.2) is 45.9 Å². The molecule has 132 valence electrons. The van der Waals surface area contributed by atoms with E-state index in [0.717, 1.165) is 12.8 Å². The Morgan fingerprint density at radius 3 is 1.78 bits per heavy atom. The van der Waals surface area contributed by atoms with E-state index in [1.54, 1.807) is 0 Å². The van der Waals surface area contributed by atoms with Crippen LogP contribution in [0.15, 0.2) is 0 Å². The molecule has 7 heteroatoms. The van der Waals surface area contributed by atoms with Crippen LogP contribution in [0.5, 0.6) is 0 Å². The lowest BCUT2D eigenvalue weighted by atomic mass is 9.82. The molecule has 0 aromatic rings. The van der Waals surface area contributed by atoms with Crippen LogP contribution >= 0.6 is 0 Å². The summed E-state index contributed by atoms with van der Waals surface area (Å²) in [4.78, 5) is 31.9. The molecule has 0 aromatic heterocycles. The van der Waals surface area contributed by atoms with Crippen LogP contribution in [0.25, 0.3) is 0 Å². The van der Waals surface area contributed by atoms with Crippen LogP contribution in [0.4, 0.5) is 0 Å². The van der Waals surface area contributed by atoms with Crippen molar-refractivity contribution in [3.8, 4) is 0 Å². The maximum absolute atomic E-state index is 10.7. The zero-order valence-corrected chi connectivity index (χ0v) is 13.3. The summed E-state index contributed by atoms with van der Waals surface area (Å²) in [5.41, 5.74) is 0. The van der Waals surface area contributed by atoms with Gasteiger partial charge in [0.05, 0.1) is 12.7 Å². The van der Waals surface area contributed by atoms with Gasteiger partial charge < -0.3 is 20.1 Å². The Morgan fingerprint density at radius 2 is 1.26 bits per heavy atom. The Bertz CT molecular complexity index is 379. The normalized spacial score (nSPS) is 23.7. The minimum Gasteiger partial charge on any atom is -0.481 e. The summed E-state index contributed by atoms with van der Waals surface area (Å²) in [6.07, 6.45) is 4.11. The first kappa shape index (κ1) is 19.4. The van der Waals surface area contributed by atoms with Gasteiger partial charge in [-0.1, -0.05) is 0 Å². The van der Waals surface area contributed by atoms with Gasteiger partial charge in [-0.25, -0.2) is 0 Å². The molecule has 0 spiro atoms. The third-order valence-corrected chi connectivity index (χ3v) is 4.38. The Hall–Kier alpha value is -1.63. The number of rotatable bonds is 12. The lowest BCUT2D eigenvalue weighted by molar-refractivity contribution is -0.138. The highest BCUT2D eigenvalue weighted by Gasteiger charge is 2.36. The predicted octanol–water partition coefficient (Wildman–Crippen LogP) is 2.38. The van der Waals surface area contributed by atoms with Crippen LogP contribution in [0.3, 0.4) is 0 Å².